The molecule has 18 heavy (non-hydrogen) atoms. The molecule has 2 nitrogen and oxygen atoms in total. The highest BCUT2D eigenvalue weighted by molar-refractivity contribution is 5.85. The molecule has 0 atom stereocenters. The molecule has 1 N–H and O–H groups in total. The van der Waals surface area contributed by atoms with Gasteiger partial charge < -0.3 is 10.1 Å². The average Bonchev–Trinajstić information content (AvgIpc) is 3.08. The minimum atomic E-state index is -4.31. The minimum absolute atomic E-state index is 0. The smallest absolute Gasteiger partial charge is 0.416 e. The molecule has 102 valence electrons. The van der Waals surface area contributed by atoms with E-state index in [9.17, 15) is 13.2 Å². The summed E-state index contributed by atoms with van der Waals surface area (Å²) in [5.74, 6) is 0.262. The maximum absolute atomic E-state index is 12.4. The van der Waals surface area contributed by atoms with Crippen molar-refractivity contribution in [2.24, 2.45) is 0 Å². The molecule has 1 saturated carbocycles. The summed E-state index contributed by atoms with van der Waals surface area (Å²) in [6, 6.07) is 5.53. The fraction of sp³-hybridized carbons (Fsp3) is 0.500. The van der Waals surface area contributed by atoms with Gasteiger partial charge in [-0.25, -0.2) is 0 Å². The largest absolute Gasteiger partial charge is 0.492 e. The molecule has 0 aromatic heterocycles. The SMILES string of the molecule is Cl.FC(F)(F)c1cccc(OCCNC2CC2)c1. The maximum atomic E-state index is 12.4. The molecule has 1 aliphatic rings. The molecule has 0 bridgehead atoms. The van der Waals surface area contributed by atoms with Crippen LogP contribution in [0.25, 0.3) is 0 Å². The zero-order chi connectivity index (χ0) is 12.3. The van der Waals surface area contributed by atoms with Crippen LogP contribution in [-0.2, 0) is 6.18 Å². The van der Waals surface area contributed by atoms with Crippen molar-refractivity contribution in [2.45, 2.75) is 25.1 Å². The van der Waals surface area contributed by atoms with Gasteiger partial charge in [0.05, 0.1) is 5.56 Å². The van der Waals surface area contributed by atoms with E-state index < -0.39 is 11.7 Å². The van der Waals surface area contributed by atoms with E-state index in [0.717, 1.165) is 12.1 Å². The lowest BCUT2D eigenvalue weighted by molar-refractivity contribution is -0.137. The van der Waals surface area contributed by atoms with E-state index >= 15 is 0 Å². The fourth-order valence-electron chi connectivity index (χ4n) is 1.48. The second-order valence-electron chi connectivity index (χ2n) is 4.10. The van der Waals surface area contributed by atoms with Crippen LogP contribution in [0, 0.1) is 0 Å². The lowest BCUT2D eigenvalue weighted by Gasteiger charge is -2.10. The highest BCUT2D eigenvalue weighted by Gasteiger charge is 2.30. The maximum Gasteiger partial charge on any atom is 0.416 e. The van der Waals surface area contributed by atoms with Gasteiger partial charge in [0.25, 0.3) is 0 Å². The summed E-state index contributed by atoms with van der Waals surface area (Å²) in [6.07, 6.45) is -1.95. The van der Waals surface area contributed by atoms with Gasteiger partial charge in [-0.2, -0.15) is 13.2 Å². The van der Waals surface area contributed by atoms with Crippen molar-refractivity contribution in [3.63, 3.8) is 0 Å². The first-order chi connectivity index (χ1) is 8.05. The lowest BCUT2D eigenvalue weighted by Crippen LogP contribution is -2.22. The van der Waals surface area contributed by atoms with E-state index in [1.54, 1.807) is 0 Å². The van der Waals surface area contributed by atoms with E-state index in [-0.39, 0.29) is 18.2 Å². The molecule has 0 aliphatic heterocycles. The van der Waals surface area contributed by atoms with Crippen molar-refractivity contribution in [3.8, 4) is 5.75 Å². The summed E-state index contributed by atoms with van der Waals surface area (Å²) >= 11 is 0. The summed E-state index contributed by atoms with van der Waals surface area (Å²) in [6.45, 7) is 1.05. The number of rotatable bonds is 5. The number of ether oxygens (including phenoxy) is 1. The second-order valence-corrected chi connectivity index (χ2v) is 4.10. The number of benzene rings is 1. The molecule has 2 rings (SSSR count). The fourth-order valence-corrected chi connectivity index (χ4v) is 1.48. The first-order valence-corrected chi connectivity index (χ1v) is 5.59. The summed E-state index contributed by atoms with van der Waals surface area (Å²) in [5.41, 5.74) is -0.676. The molecular weight excluding hydrogens is 267 g/mol. The summed E-state index contributed by atoms with van der Waals surface area (Å²) in [4.78, 5) is 0. The van der Waals surface area contributed by atoms with E-state index in [2.05, 4.69) is 5.32 Å². The predicted molar refractivity (Wildman–Crippen MR) is 65.2 cm³/mol. The number of alkyl halides is 3. The number of hydrogen-bond donors (Lipinski definition) is 1. The first kappa shape index (κ1) is 15.1. The molecule has 1 fully saturated rings. The van der Waals surface area contributed by atoms with E-state index in [1.165, 1.54) is 25.0 Å². The molecule has 0 amide bonds. The zero-order valence-electron chi connectivity index (χ0n) is 9.67. The molecule has 0 unspecified atom stereocenters. The Kier molecular flexibility index (Phi) is 5.28. The Morgan fingerprint density at radius 3 is 2.61 bits per heavy atom. The van der Waals surface area contributed by atoms with Gasteiger partial charge in [-0.1, -0.05) is 6.07 Å². The Hall–Kier alpha value is -0.940. The van der Waals surface area contributed by atoms with Crippen LogP contribution in [0.3, 0.4) is 0 Å². The van der Waals surface area contributed by atoms with Crippen molar-refractivity contribution in [1.29, 1.82) is 0 Å². The summed E-state index contributed by atoms with van der Waals surface area (Å²) in [7, 11) is 0. The molecule has 0 radical (unpaired) electrons. The van der Waals surface area contributed by atoms with Gasteiger partial charge in [-0.05, 0) is 31.0 Å². The molecular formula is C12H15ClF3NO. The number of nitrogens with one attached hydrogen (secondary N) is 1. The Morgan fingerprint density at radius 1 is 1.28 bits per heavy atom. The van der Waals surface area contributed by atoms with Crippen LogP contribution in [0.15, 0.2) is 24.3 Å². The number of hydrogen-bond acceptors (Lipinski definition) is 2. The highest BCUT2D eigenvalue weighted by Crippen LogP contribution is 2.31. The van der Waals surface area contributed by atoms with Gasteiger partial charge in [-0.15, -0.1) is 12.4 Å². The molecule has 0 saturated heterocycles. The summed E-state index contributed by atoms with van der Waals surface area (Å²) in [5, 5.41) is 3.22. The van der Waals surface area contributed by atoms with Crippen LogP contribution in [0.5, 0.6) is 5.75 Å². The molecule has 0 spiro atoms. The van der Waals surface area contributed by atoms with Crippen molar-refractivity contribution >= 4 is 12.4 Å². The number of halogens is 4. The summed E-state index contributed by atoms with van der Waals surface area (Å²) < 4.78 is 42.5. The van der Waals surface area contributed by atoms with E-state index in [0.29, 0.717) is 19.2 Å². The van der Waals surface area contributed by atoms with Gasteiger partial charge in [0.2, 0.25) is 0 Å². The normalized spacial score (nSPS) is 15.1. The molecule has 1 aromatic rings. The van der Waals surface area contributed by atoms with E-state index in [4.69, 9.17) is 4.74 Å². The Bertz CT molecular complexity index is 380. The van der Waals surface area contributed by atoms with Crippen LogP contribution in [0.2, 0.25) is 0 Å². The average molecular weight is 282 g/mol. The van der Waals surface area contributed by atoms with E-state index in [1.807, 2.05) is 0 Å². The zero-order valence-corrected chi connectivity index (χ0v) is 10.5. The van der Waals surface area contributed by atoms with Crippen molar-refractivity contribution in [2.75, 3.05) is 13.2 Å². The molecule has 6 heteroatoms. The van der Waals surface area contributed by atoms with Crippen molar-refractivity contribution < 1.29 is 17.9 Å². The van der Waals surface area contributed by atoms with Crippen LogP contribution in [-0.4, -0.2) is 19.2 Å². The Balaban J connectivity index is 0.00000162. The molecule has 0 heterocycles. The van der Waals surface area contributed by atoms with Gasteiger partial charge in [-0.3, -0.25) is 0 Å². The third-order valence-electron chi connectivity index (χ3n) is 2.54. The third kappa shape index (κ3) is 4.74. The van der Waals surface area contributed by atoms with Crippen molar-refractivity contribution in [1.82, 2.24) is 5.32 Å². The molecule has 1 aliphatic carbocycles. The van der Waals surface area contributed by atoms with Crippen LogP contribution in [0.1, 0.15) is 18.4 Å². The minimum Gasteiger partial charge on any atom is -0.492 e. The van der Waals surface area contributed by atoms with Crippen molar-refractivity contribution in [3.05, 3.63) is 29.8 Å². The predicted octanol–water partition coefficient (Wildman–Crippen LogP) is 3.26. The second kappa shape index (κ2) is 6.29. The Labute approximate surface area is 110 Å². The van der Waals surface area contributed by atoms with Gasteiger partial charge in [0.1, 0.15) is 12.4 Å². The lowest BCUT2D eigenvalue weighted by atomic mass is 10.2. The van der Waals surface area contributed by atoms with Crippen LogP contribution in [0.4, 0.5) is 13.2 Å². The van der Waals surface area contributed by atoms with Gasteiger partial charge in [0.15, 0.2) is 0 Å². The molecule has 1 aromatic carbocycles. The standard InChI is InChI=1S/C12H14F3NO.ClH/c13-12(14,15)9-2-1-3-11(8-9)17-7-6-16-10-4-5-10;/h1-3,8,10,16H,4-7H2;1H. The van der Waals surface area contributed by atoms with Crippen LogP contribution < -0.4 is 10.1 Å². The highest BCUT2D eigenvalue weighted by atomic mass is 35.5. The quantitative estimate of drug-likeness (QED) is 0.837. The Morgan fingerprint density at radius 2 is 2.00 bits per heavy atom. The topological polar surface area (TPSA) is 21.3 Å². The van der Waals surface area contributed by atoms with Gasteiger partial charge in [0, 0.05) is 12.6 Å². The third-order valence-corrected chi connectivity index (χ3v) is 2.54. The van der Waals surface area contributed by atoms with Crippen LogP contribution >= 0.6 is 12.4 Å². The monoisotopic (exact) mass is 281 g/mol. The first-order valence-electron chi connectivity index (χ1n) is 5.59. The van der Waals surface area contributed by atoms with Gasteiger partial charge >= 0.3 is 6.18 Å².